The summed E-state index contributed by atoms with van der Waals surface area (Å²) in [5, 5.41) is 8.45. The van der Waals surface area contributed by atoms with Crippen LogP contribution >= 0.6 is 11.8 Å². The normalized spacial score (nSPS) is 9.93. The fraction of sp³-hybridized carbons (Fsp3) is 0.636. The Labute approximate surface area is 94.9 Å². The van der Waals surface area contributed by atoms with E-state index in [9.17, 15) is 9.59 Å². The van der Waals surface area contributed by atoms with E-state index in [1.807, 2.05) is 0 Å². The van der Waals surface area contributed by atoms with Gasteiger partial charge in [-0.3, -0.25) is 9.59 Å². The van der Waals surface area contributed by atoms with Crippen LogP contribution in [0, 0.1) is 0 Å². The van der Waals surface area contributed by atoms with Gasteiger partial charge < -0.3 is 5.11 Å². The predicted octanol–water partition coefficient (Wildman–Crippen LogP) is 2.86. The molecule has 0 aromatic carbocycles. The van der Waals surface area contributed by atoms with E-state index in [4.69, 9.17) is 5.11 Å². The van der Waals surface area contributed by atoms with E-state index in [1.54, 1.807) is 6.92 Å². The maximum absolute atomic E-state index is 11.1. The minimum absolute atomic E-state index is 0.0561. The van der Waals surface area contributed by atoms with Crippen LogP contribution < -0.4 is 0 Å². The van der Waals surface area contributed by atoms with Crippen LogP contribution in [0.25, 0.3) is 0 Å². The van der Waals surface area contributed by atoms with Crippen molar-refractivity contribution in [1.29, 1.82) is 0 Å². The monoisotopic (exact) mass is 230 g/mol. The molecule has 15 heavy (non-hydrogen) atoms. The second-order valence-corrected chi connectivity index (χ2v) is 4.54. The fourth-order valence-electron chi connectivity index (χ4n) is 1.02. The van der Waals surface area contributed by atoms with Crippen LogP contribution in [0.15, 0.2) is 12.2 Å². The van der Waals surface area contributed by atoms with E-state index in [0.717, 1.165) is 31.4 Å². The quantitative estimate of drug-likeness (QED) is 0.514. The third kappa shape index (κ3) is 9.53. The lowest BCUT2D eigenvalue weighted by Gasteiger charge is -2.00. The summed E-state index contributed by atoms with van der Waals surface area (Å²) < 4.78 is 0. The number of thioether (sulfide) groups is 1. The second kappa shape index (κ2) is 8.53. The van der Waals surface area contributed by atoms with Crippen molar-refractivity contribution < 1.29 is 14.7 Å². The van der Waals surface area contributed by atoms with Gasteiger partial charge in [0.05, 0.1) is 0 Å². The van der Waals surface area contributed by atoms with Crippen LogP contribution in [0.5, 0.6) is 0 Å². The van der Waals surface area contributed by atoms with Gasteiger partial charge in [-0.25, -0.2) is 0 Å². The molecule has 1 N–H and O–H groups in total. The SMILES string of the molecule is C=C(C)C(=O)SCCCCCCC(=O)O. The van der Waals surface area contributed by atoms with Crippen molar-refractivity contribution in [3.05, 3.63) is 12.2 Å². The van der Waals surface area contributed by atoms with Gasteiger partial charge in [-0.05, 0) is 25.3 Å². The highest BCUT2D eigenvalue weighted by Gasteiger charge is 2.02. The Morgan fingerprint density at radius 1 is 1.20 bits per heavy atom. The van der Waals surface area contributed by atoms with Gasteiger partial charge in [-0.15, -0.1) is 0 Å². The van der Waals surface area contributed by atoms with Gasteiger partial charge in [0.2, 0.25) is 5.12 Å². The lowest BCUT2D eigenvalue weighted by molar-refractivity contribution is -0.137. The molecule has 0 bridgehead atoms. The number of unbranched alkanes of at least 4 members (excludes halogenated alkanes) is 3. The van der Waals surface area contributed by atoms with E-state index in [1.165, 1.54) is 11.8 Å². The van der Waals surface area contributed by atoms with Crippen molar-refractivity contribution in [1.82, 2.24) is 0 Å². The maximum atomic E-state index is 11.1. The average molecular weight is 230 g/mol. The number of hydrogen-bond acceptors (Lipinski definition) is 3. The van der Waals surface area contributed by atoms with E-state index < -0.39 is 5.97 Å². The molecule has 4 heteroatoms. The Morgan fingerprint density at radius 2 is 1.80 bits per heavy atom. The minimum Gasteiger partial charge on any atom is -0.481 e. The molecule has 0 heterocycles. The van der Waals surface area contributed by atoms with Crippen molar-refractivity contribution in [2.75, 3.05) is 5.75 Å². The first-order valence-corrected chi connectivity index (χ1v) is 6.07. The van der Waals surface area contributed by atoms with Crippen molar-refractivity contribution in [3.63, 3.8) is 0 Å². The molecule has 0 aromatic heterocycles. The third-order valence-electron chi connectivity index (χ3n) is 1.87. The van der Waals surface area contributed by atoms with Crippen molar-refractivity contribution >= 4 is 22.8 Å². The molecule has 3 nitrogen and oxygen atoms in total. The van der Waals surface area contributed by atoms with Crippen LogP contribution in [0.4, 0.5) is 0 Å². The van der Waals surface area contributed by atoms with Crippen molar-refractivity contribution in [2.45, 2.75) is 39.0 Å². The first kappa shape index (κ1) is 14.2. The van der Waals surface area contributed by atoms with Gasteiger partial charge in [-0.1, -0.05) is 31.2 Å². The topological polar surface area (TPSA) is 54.4 Å². The second-order valence-electron chi connectivity index (χ2n) is 3.47. The van der Waals surface area contributed by atoms with Gasteiger partial charge in [-0.2, -0.15) is 0 Å². The largest absolute Gasteiger partial charge is 0.481 e. The molecular formula is C11H18O3S. The summed E-state index contributed by atoms with van der Waals surface area (Å²) in [6, 6.07) is 0. The van der Waals surface area contributed by atoms with Gasteiger partial charge in [0.1, 0.15) is 0 Å². The van der Waals surface area contributed by atoms with Crippen LogP contribution in [0.1, 0.15) is 39.0 Å². The summed E-state index contributed by atoms with van der Waals surface area (Å²) >= 11 is 1.29. The molecule has 0 amide bonds. The smallest absolute Gasteiger partial charge is 0.303 e. The van der Waals surface area contributed by atoms with Gasteiger partial charge in [0, 0.05) is 12.2 Å². The van der Waals surface area contributed by atoms with E-state index in [2.05, 4.69) is 6.58 Å². The summed E-state index contributed by atoms with van der Waals surface area (Å²) in [5.41, 5.74) is 0.589. The summed E-state index contributed by atoms with van der Waals surface area (Å²) in [5.74, 6) is 0.0699. The molecule has 86 valence electrons. The number of rotatable bonds is 8. The standard InChI is InChI=1S/C11H18O3S/c1-9(2)11(14)15-8-6-4-3-5-7-10(12)13/h1,3-8H2,2H3,(H,12,13). The van der Waals surface area contributed by atoms with Gasteiger partial charge in [0.15, 0.2) is 0 Å². The van der Waals surface area contributed by atoms with Crippen LogP contribution in [0.3, 0.4) is 0 Å². The minimum atomic E-state index is -0.734. The number of hydrogen-bond donors (Lipinski definition) is 1. The Morgan fingerprint density at radius 3 is 2.33 bits per heavy atom. The lowest BCUT2D eigenvalue weighted by atomic mass is 10.2. The zero-order valence-corrected chi connectivity index (χ0v) is 9.94. The molecule has 0 saturated carbocycles. The Kier molecular flexibility index (Phi) is 8.09. The van der Waals surface area contributed by atoms with Crippen molar-refractivity contribution in [3.8, 4) is 0 Å². The zero-order chi connectivity index (χ0) is 11.7. The van der Waals surface area contributed by atoms with Crippen molar-refractivity contribution in [2.24, 2.45) is 0 Å². The maximum Gasteiger partial charge on any atom is 0.303 e. The zero-order valence-electron chi connectivity index (χ0n) is 9.12. The first-order chi connectivity index (χ1) is 7.04. The number of carbonyl (C=O) groups is 2. The summed E-state index contributed by atoms with van der Waals surface area (Å²) in [6.45, 7) is 5.28. The summed E-state index contributed by atoms with van der Waals surface area (Å²) in [7, 11) is 0. The Balaban J connectivity index is 3.22. The van der Waals surface area contributed by atoms with Crippen LogP contribution in [-0.4, -0.2) is 21.9 Å². The molecular weight excluding hydrogens is 212 g/mol. The third-order valence-corrected chi connectivity index (χ3v) is 2.97. The highest BCUT2D eigenvalue weighted by Crippen LogP contribution is 2.12. The van der Waals surface area contributed by atoms with E-state index in [0.29, 0.717) is 5.57 Å². The number of carbonyl (C=O) groups excluding carboxylic acids is 1. The average Bonchev–Trinajstić information content (AvgIpc) is 2.15. The van der Waals surface area contributed by atoms with Crippen LogP contribution in [-0.2, 0) is 9.59 Å². The summed E-state index contributed by atoms with van der Waals surface area (Å²) in [4.78, 5) is 21.3. The molecule has 0 aliphatic carbocycles. The number of carboxylic acids is 1. The molecule has 0 saturated heterocycles. The molecule has 0 rings (SSSR count). The van der Waals surface area contributed by atoms with Gasteiger partial charge in [0.25, 0.3) is 0 Å². The Bertz CT molecular complexity index is 236. The first-order valence-electron chi connectivity index (χ1n) is 5.08. The molecule has 0 radical (unpaired) electrons. The molecule has 0 aliphatic rings. The molecule has 0 fully saturated rings. The Hall–Kier alpha value is -0.770. The predicted molar refractivity (Wildman–Crippen MR) is 63.0 cm³/mol. The summed E-state index contributed by atoms with van der Waals surface area (Å²) in [6.07, 6.45) is 3.85. The molecule has 0 unspecified atom stereocenters. The highest BCUT2D eigenvalue weighted by atomic mass is 32.2. The number of aliphatic carboxylic acids is 1. The van der Waals surface area contributed by atoms with E-state index in [-0.39, 0.29) is 11.5 Å². The highest BCUT2D eigenvalue weighted by molar-refractivity contribution is 8.14. The lowest BCUT2D eigenvalue weighted by Crippen LogP contribution is -1.95. The fourth-order valence-corrected chi connectivity index (χ4v) is 1.80. The molecule has 0 atom stereocenters. The number of carboxylic acid groups (broad SMARTS) is 1. The molecule has 0 aliphatic heterocycles. The van der Waals surface area contributed by atoms with E-state index >= 15 is 0 Å². The molecule has 0 spiro atoms. The molecule has 0 aromatic rings. The van der Waals surface area contributed by atoms with Crippen LogP contribution in [0.2, 0.25) is 0 Å². The van der Waals surface area contributed by atoms with Gasteiger partial charge >= 0.3 is 5.97 Å².